The normalized spacial score (nSPS) is 15.2. The number of aromatic nitrogens is 3. The fourth-order valence-corrected chi connectivity index (χ4v) is 2.43. The van der Waals surface area contributed by atoms with Crippen molar-refractivity contribution in [1.29, 1.82) is 0 Å². The number of aromatic amines is 1. The Balaban J connectivity index is 1.65. The predicted molar refractivity (Wildman–Crippen MR) is 86.8 cm³/mol. The molecule has 126 valence electrons. The molecule has 0 radical (unpaired) electrons. The van der Waals surface area contributed by atoms with Crippen molar-refractivity contribution in [3.05, 3.63) is 41.5 Å². The molecule has 8 nitrogen and oxygen atoms in total. The summed E-state index contributed by atoms with van der Waals surface area (Å²) in [5.41, 5.74) is 1.16. The van der Waals surface area contributed by atoms with Crippen LogP contribution in [0.4, 0.5) is 10.5 Å². The largest absolute Gasteiger partial charge is 0.451 e. The highest BCUT2D eigenvalue weighted by molar-refractivity contribution is 5.95. The summed E-state index contributed by atoms with van der Waals surface area (Å²) in [7, 11) is 0. The van der Waals surface area contributed by atoms with Crippen LogP contribution in [0.15, 0.2) is 24.3 Å². The molecule has 1 aromatic carbocycles. The third kappa shape index (κ3) is 3.22. The van der Waals surface area contributed by atoms with Gasteiger partial charge in [0, 0.05) is 25.2 Å². The van der Waals surface area contributed by atoms with Gasteiger partial charge < -0.3 is 10.1 Å². The van der Waals surface area contributed by atoms with E-state index in [4.69, 9.17) is 4.74 Å². The van der Waals surface area contributed by atoms with E-state index in [2.05, 4.69) is 20.5 Å². The van der Waals surface area contributed by atoms with E-state index in [9.17, 15) is 9.59 Å². The summed E-state index contributed by atoms with van der Waals surface area (Å²) in [6, 6.07) is 6.62. The van der Waals surface area contributed by atoms with Gasteiger partial charge in [0.15, 0.2) is 11.9 Å². The molecule has 0 aliphatic carbocycles. The van der Waals surface area contributed by atoms with Gasteiger partial charge in [-0.15, -0.1) is 0 Å². The van der Waals surface area contributed by atoms with Crippen molar-refractivity contribution in [2.24, 2.45) is 0 Å². The van der Waals surface area contributed by atoms with Gasteiger partial charge in [-0.2, -0.15) is 5.10 Å². The zero-order valence-corrected chi connectivity index (χ0v) is 13.6. The lowest BCUT2D eigenvalue weighted by Gasteiger charge is -2.15. The monoisotopic (exact) mass is 329 g/mol. The van der Waals surface area contributed by atoms with Gasteiger partial charge in [-0.1, -0.05) is 6.92 Å². The molecule has 8 heteroatoms. The minimum absolute atomic E-state index is 0.129. The molecule has 0 saturated carbocycles. The Labute approximate surface area is 139 Å². The maximum Gasteiger partial charge on any atom is 0.338 e. The van der Waals surface area contributed by atoms with E-state index < -0.39 is 12.1 Å². The number of anilines is 1. The van der Waals surface area contributed by atoms with Gasteiger partial charge in [-0.25, -0.2) is 14.6 Å². The van der Waals surface area contributed by atoms with Crippen LogP contribution in [0, 0.1) is 0 Å². The first kappa shape index (κ1) is 16.0. The molecule has 0 unspecified atom stereocenters. The van der Waals surface area contributed by atoms with Gasteiger partial charge in [0.05, 0.1) is 5.56 Å². The highest BCUT2D eigenvalue weighted by atomic mass is 16.5. The number of nitrogens with one attached hydrogen (secondary N) is 2. The van der Waals surface area contributed by atoms with Crippen molar-refractivity contribution in [3.63, 3.8) is 0 Å². The van der Waals surface area contributed by atoms with Crippen LogP contribution >= 0.6 is 0 Å². The van der Waals surface area contributed by atoms with E-state index >= 15 is 0 Å². The van der Waals surface area contributed by atoms with Crippen molar-refractivity contribution < 1.29 is 14.3 Å². The van der Waals surface area contributed by atoms with Crippen molar-refractivity contribution in [2.45, 2.75) is 26.4 Å². The highest BCUT2D eigenvalue weighted by Crippen LogP contribution is 2.20. The predicted octanol–water partition coefficient (Wildman–Crippen LogP) is 1.81. The standard InChI is InChI=1S/C16H19N5O3/c1-3-13-18-14(20-19-13)10(2)24-15(22)11-4-6-12(7-5-11)21-9-8-17-16(21)23/h4-7,10H,3,8-9H2,1-2H3,(H,17,23)(H,18,19,20)/t10-/m1/s1. The summed E-state index contributed by atoms with van der Waals surface area (Å²) >= 11 is 0. The Morgan fingerprint density at radius 3 is 2.71 bits per heavy atom. The van der Waals surface area contributed by atoms with Crippen molar-refractivity contribution in [1.82, 2.24) is 20.5 Å². The second kappa shape index (κ2) is 6.69. The number of hydrogen-bond acceptors (Lipinski definition) is 5. The Morgan fingerprint density at radius 1 is 1.38 bits per heavy atom. The fourth-order valence-electron chi connectivity index (χ4n) is 2.43. The summed E-state index contributed by atoms with van der Waals surface area (Å²) < 4.78 is 5.39. The van der Waals surface area contributed by atoms with E-state index in [1.165, 1.54) is 0 Å². The number of urea groups is 1. The molecule has 2 aromatic rings. The van der Waals surface area contributed by atoms with Crippen LogP contribution in [0.3, 0.4) is 0 Å². The Bertz CT molecular complexity index is 740. The third-order valence-corrected chi connectivity index (χ3v) is 3.80. The van der Waals surface area contributed by atoms with Gasteiger partial charge in [0.1, 0.15) is 5.82 Å². The lowest BCUT2D eigenvalue weighted by atomic mass is 10.2. The van der Waals surface area contributed by atoms with Crippen molar-refractivity contribution in [3.8, 4) is 0 Å². The van der Waals surface area contributed by atoms with Gasteiger partial charge >= 0.3 is 12.0 Å². The number of esters is 1. The minimum Gasteiger partial charge on any atom is -0.451 e. The summed E-state index contributed by atoms with van der Waals surface area (Å²) in [5, 5.41) is 9.58. The first-order valence-electron chi connectivity index (χ1n) is 7.86. The number of carbonyl (C=O) groups is 2. The van der Waals surface area contributed by atoms with Gasteiger partial charge in [0.25, 0.3) is 0 Å². The fraction of sp³-hybridized carbons (Fsp3) is 0.375. The number of carbonyl (C=O) groups excluding carboxylic acids is 2. The lowest BCUT2D eigenvalue weighted by Crippen LogP contribution is -2.27. The molecule has 2 heterocycles. The molecule has 24 heavy (non-hydrogen) atoms. The van der Waals surface area contributed by atoms with E-state index in [-0.39, 0.29) is 6.03 Å². The second-order valence-electron chi connectivity index (χ2n) is 5.47. The minimum atomic E-state index is -0.543. The average Bonchev–Trinajstić information content (AvgIpc) is 3.23. The summed E-state index contributed by atoms with van der Waals surface area (Å²) in [6.07, 6.45) is 0.192. The van der Waals surface area contributed by atoms with Crippen LogP contribution in [-0.4, -0.2) is 40.3 Å². The molecular weight excluding hydrogens is 310 g/mol. The second-order valence-corrected chi connectivity index (χ2v) is 5.47. The number of ether oxygens (including phenoxy) is 1. The van der Waals surface area contributed by atoms with Gasteiger partial charge in [-0.05, 0) is 31.2 Å². The molecule has 0 spiro atoms. The van der Waals surface area contributed by atoms with Crippen molar-refractivity contribution >= 4 is 17.7 Å². The number of amides is 2. The molecule has 1 aliphatic heterocycles. The lowest BCUT2D eigenvalue weighted by molar-refractivity contribution is 0.0320. The van der Waals surface area contributed by atoms with Gasteiger partial charge in [0.2, 0.25) is 0 Å². The number of aryl methyl sites for hydroxylation is 1. The maximum absolute atomic E-state index is 12.2. The van der Waals surface area contributed by atoms with Crippen molar-refractivity contribution in [2.75, 3.05) is 18.0 Å². The summed E-state index contributed by atoms with van der Waals surface area (Å²) in [6.45, 7) is 4.92. The zero-order valence-electron chi connectivity index (χ0n) is 13.6. The number of hydrogen-bond donors (Lipinski definition) is 2. The van der Waals surface area contributed by atoms with Crippen LogP contribution in [0.2, 0.25) is 0 Å². The molecular formula is C16H19N5O3. The quantitative estimate of drug-likeness (QED) is 0.815. The molecule has 1 aliphatic rings. The topological polar surface area (TPSA) is 100 Å². The molecule has 1 fully saturated rings. The van der Waals surface area contributed by atoms with E-state index in [0.717, 1.165) is 17.9 Å². The molecule has 3 rings (SSSR count). The third-order valence-electron chi connectivity index (χ3n) is 3.80. The van der Waals surface area contributed by atoms with Crippen LogP contribution in [0.1, 0.15) is 42.0 Å². The van der Waals surface area contributed by atoms with E-state index in [0.29, 0.717) is 24.5 Å². The average molecular weight is 329 g/mol. The van der Waals surface area contributed by atoms with E-state index in [1.54, 1.807) is 36.1 Å². The zero-order chi connectivity index (χ0) is 17.1. The highest BCUT2D eigenvalue weighted by Gasteiger charge is 2.22. The number of H-pyrrole nitrogens is 1. The van der Waals surface area contributed by atoms with Crippen LogP contribution in [0.5, 0.6) is 0 Å². The summed E-state index contributed by atoms with van der Waals surface area (Å²) in [5.74, 6) is 0.745. The number of nitrogens with zero attached hydrogens (tertiary/aromatic N) is 3. The Hall–Kier alpha value is -2.90. The molecule has 0 bridgehead atoms. The van der Waals surface area contributed by atoms with Crippen LogP contribution in [-0.2, 0) is 11.2 Å². The first-order valence-corrected chi connectivity index (χ1v) is 7.86. The number of rotatable bonds is 5. The Kier molecular flexibility index (Phi) is 4.45. The van der Waals surface area contributed by atoms with Gasteiger partial charge in [-0.3, -0.25) is 10.00 Å². The molecule has 1 saturated heterocycles. The Morgan fingerprint density at radius 2 is 2.12 bits per heavy atom. The molecule has 2 N–H and O–H groups in total. The maximum atomic E-state index is 12.2. The molecule has 2 amide bonds. The first-order chi connectivity index (χ1) is 11.6. The van der Waals surface area contributed by atoms with E-state index in [1.807, 2.05) is 6.92 Å². The SMILES string of the molecule is CCc1nc([C@@H](C)OC(=O)c2ccc(N3CCNC3=O)cc2)n[nH]1. The molecule has 1 aromatic heterocycles. The molecule has 1 atom stereocenters. The number of benzene rings is 1. The summed E-state index contributed by atoms with van der Waals surface area (Å²) in [4.78, 5) is 29.7. The van der Waals surface area contributed by atoms with Crippen LogP contribution < -0.4 is 10.2 Å². The smallest absolute Gasteiger partial charge is 0.338 e. The van der Waals surface area contributed by atoms with Crippen LogP contribution in [0.25, 0.3) is 0 Å².